The van der Waals surface area contributed by atoms with Crippen molar-refractivity contribution in [3.63, 3.8) is 0 Å². The summed E-state index contributed by atoms with van der Waals surface area (Å²) in [6.45, 7) is 8.58. The normalized spacial score (nSPS) is 17.9. The lowest BCUT2D eigenvalue weighted by atomic mass is 10.1. The van der Waals surface area contributed by atoms with Crippen LogP contribution in [0.15, 0.2) is 18.3 Å². The second-order valence-corrected chi connectivity index (χ2v) is 6.64. The molecule has 0 aromatic carbocycles. The van der Waals surface area contributed by atoms with Crippen LogP contribution in [0.2, 0.25) is 0 Å². The van der Waals surface area contributed by atoms with Gasteiger partial charge in [-0.15, -0.1) is 0 Å². The number of nitrogens with zero attached hydrogens (tertiary/aromatic N) is 3. The first-order valence-electron chi connectivity index (χ1n) is 8.04. The number of ether oxygens (including phenoxy) is 1. The summed E-state index contributed by atoms with van der Waals surface area (Å²) >= 11 is 0. The molecule has 2 heterocycles. The van der Waals surface area contributed by atoms with Crippen LogP contribution in [0.25, 0.3) is 0 Å². The van der Waals surface area contributed by atoms with E-state index in [1.165, 1.54) is 4.90 Å². The number of hydrogen-bond acceptors (Lipinski definition) is 4. The van der Waals surface area contributed by atoms with E-state index in [1.54, 1.807) is 11.1 Å². The number of carbonyl (C=O) groups excluding carboxylic acids is 2. The zero-order valence-corrected chi connectivity index (χ0v) is 14.3. The van der Waals surface area contributed by atoms with Gasteiger partial charge in [-0.1, -0.05) is 6.07 Å². The van der Waals surface area contributed by atoms with E-state index in [-0.39, 0.29) is 6.04 Å². The fourth-order valence-corrected chi connectivity index (χ4v) is 2.83. The summed E-state index contributed by atoms with van der Waals surface area (Å²) in [6, 6.07) is 3.73. The van der Waals surface area contributed by atoms with E-state index in [0.717, 1.165) is 31.4 Å². The van der Waals surface area contributed by atoms with Crippen LogP contribution in [0.3, 0.4) is 0 Å². The van der Waals surface area contributed by atoms with Crippen molar-refractivity contribution in [2.75, 3.05) is 18.0 Å². The Labute approximate surface area is 137 Å². The molecule has 0 aliphatic carbocycles. The molecule has 23 heavy (non-hydrogen) atoms. The fourth-order valence-electron chi connectivity index (χ4n) is 2.83. The maximum absolute atomic E-state index is 12.5. The van der Waals surface area contributed by atoms with Gasteiger partial charge in [0.1, 0.15) is 11.4 Å². The molecule has 126 valence electrons. The van der Waals surface area contributed by atoms with Gasteiger partial charge >= 0.3 is 6.09 Å². The molecule has 0 radical (unpaired) electrons. The number of rotatable bonds is 4. The number of pyridine rings is 1. The van der Waals surface area contributed by atoms with Crippen molar-refractivity contribution in [1.29, 1.82) is 0 Å². The minimum absolute atomic E-state index is 0.0345. The van der Waals surface area contributed by atoms with Gasteiger partial charge in [-0.05, 0) is 46.6 Å². The van der Waals surface area contributed by atoms with Crippen molar-refractivity contribution < 1.29 is 14.3 Å². The summed E-state index contributed by atoms with van der Waals surface area (Å²) in [6.07, 6.45) is 3.94. The Morgan fingerprint density at radius 1 is 1.52 bits per heavy atom. The summed E-state index contributed by atoms with van der Waals surface area (Å²) in [7, 11) is 0. The SMILES string of the molecule is CCN(C(=O)OC(C)(C)C)c1ncccc1C1CCCN1C=O. The van der Waals surface area contributed by atoms with E-state index >= 15 is 0 Å². The first kappa shape index (κ1) is 17.2. The monoisotopic (exact) mass is 319 g/mol. The van der Waals surface area contributed by atoms with Crippen LogP contribution in [-0.2, 0) is 9.53 Å². The third kappa shape index (κ3) is 4.00. The van der Waals surface area contributed by atoms with Gasteiger partial charge in [0.2, 0.25) is 6.41 Å². The lowest BCUT2D eigenvalue weighted by molar-refractivity contribution is -0.118. The Balaban J connectivity index is 2.34. The van der Waals surface area contributed by atoms with Gasteiger partial charge < -0.3 is 9.64 Å². The van der Waals surface area contributed by atoms with Crippen molar-refractivity contribution in [3.05, 3.63) is 23.9 Å². The molecule has 1 saturated heterocycles. The molecule has 1 aromatic rings. The number of aromatic nitrogens is 1. The highest BCUT2D eigenvalue weighted by Gasteiger charge is 2.31. The number of amides is 2. The van der Waals surface area contributed by atoms with Gasteiger partial charge in [0.05, 0.1) is 6.04 Å². The van der Waals surface area contributed by atoms with E-state index in [1.807, 2.05) is 39.8 Å². The minimum Gasteiger partial charge on any atom is -0.443 e. The van der Waals surface area contributed by atoms with Gasteiger partial charge in [-0.25, -0.2) is 9.78 Å². The van der Waals surface area contributed by atoms with Crippen LogP contribution >= 0.6 is 0 Å². The predicted molar refractivity (Wildman–Crippen MR) is 88.2 cm³/mol. The molecule has 2 rings (SSSR count). The molecular formula is C17H25N3O3. The van der Waals surface area contributed by atoms with E-state index < -0.39 is 11.7 Å². The van der Waals surface area contributed by atoms with Crippen molar-refractivity contribution in [3.8, 4) is 0 Å². The molecule has 2 amide bonds. The molecule has 0 saturated carbocycles. The average Bonchev–Trinajstić information content (AvgIpc) is 2.95. The molecule has 1 unspecified atom stereocenters. The lowest BCUT2D eigenvalue weighted by Gasteiger charge is -2.29. The zero-order valence-electron chi connectivity index (χ0n) is 14.3. The summed E-state index contributed by atoms with van der Waals surface area (Å²) in [5.74, 6) is 0.572. The Kier molecular flexibility index (Phi) is 5.23. The summed E-state index contributed by atoms with van der Waals surface area (Å²) in [5, 5.41) is 0. The highest BCUT2D eigenvalue weighted by molar-refractivity contribution is 5.87. The third-order valence-corrected chi connectivity index (χ3v) is 3.79. The fraction of sp³-hybridized carbons (Fsp3) is 0.588. The van der Waals surface area contributed by atoms with Crippen molar-refractivity contribution >= 4 is 18.3 Å². The highest BCUT2D eigenvalue weighted by Crippen LogP contribution is 2.35. The average molecular weight is 319 g/mol. The first-order valence-corrected chi connectivity index (χ1v) is 8.04. The number of likely N-dealkylation sites (tertiary alicyclic amines) is 1. The molecule has 1 aliphatic rings. The van der Waals surface area contributed by atoms with Crippen LogP contribution < -0.4 is 4.90 Å². The molecule has 1 atom stereocenters. The summed E-state index contributed by atoms with van der Waals surface area (Å²) < 4.78 is 5.48. The zero-order chi connectivity index (χ0) is 17.0. The second kappa shape index (κ2) is 6.98. The number of hydrogen-bond donors (Lipinski definition) is 0. The quantitative estimate of drug-likeness (QED) is 0.800. The Bertz CT molecular complexity index is 568. The van der Waals surface area contributed by atoms with E-state index in [9.17, 15) is 9.59 Å². The van der Waals surface area contributed by atoms with E-state index in [2.05, 4.69) is 4.98 Å². The maximum atomic E-state index is 12.5. The molecular weight excluding hydrogens is 294 g/mol. The van der Waals surface area contributed by atoms with Crippen LogP contribution in [0, 0.1) is 0 Å². The summed E-state index contributed by atoms with van der Waals surface area (Å²) in [5.41, 5.74) is 0.326. The molecule has 0 spiro atoms. The largest absolute Gasteiger partial charge is 0.443 e. The van der Waals surface area contributed by atoms with Crippen LogP contribution in [0.4, 0.5) is 10.6 Å². The number of carbonyl (C=O) groups is 2. The Morgan fingerprint density at radius 3 is 2.87 bits per heavy atom. The molecule has 1 aliphatic heterocycles. The summed E-state index contributed by atoms with van der Waals surface area (Å²) in [4.78, 5) is 31.4. The van der Waals surface area contributed by atoms with Crippen molar-refractivity contribution in [2.45, 2.75) is 52.2 Å². The standard InChI is InChI=1S/C17H25N3O3/c1-5-20(16(22)23-17(2,3)4)15-13(8-6-10-18-15)14-9-7-11-19(14)12-21/h6,8,10,12,14H,5,7,9,11H2,1-4H3. The molecule has 0 N–H and O–H groups in total. The first-order chi connectivity index (χ1) is 10.9. The molecule has 0 bridgehead atoms. The van der Waals surface area contributed by atoms with Gasteiger partial charge in [-0.2, -0.15) is 0 Å². The molecule has 6 nitrogen and oxygen atoms in total. The molecule has 6 heteroatoms. The molecule has 1 aromatic heterocycles. The van der Waals surface area contributed by atoms with Crippen LogP contribution in [0.1, 0.15) is 52.1 Å². The van der Waals surface area contributed by atoms with Gasteiger partial charge in [0.25, 0.3) is 0 Å². The van der Waals surface area contributed by atoms with E-state index in [0.29, 0.717) is 12.4 Å². The van der Waals surface area contributed by atoms with Gasteiger partial charge in [-0.3, -0.25) is 9.69 Å². The van der Waals surface area contributed by atoms with Crippen molar-refractivity contribution in [2.24, 2.45) is 0 Å². The topological polar surface area (TPSA) is 62.7 Å². The Morgan fingerprint density at radius 2 is 2.26 bits per heavy atom. The van der Waals surface area contributed by atoms with Crippen LogP contribution in [0.5, 0.6) is 0 Å². The predicted octanol–water partition coefficient (Wildman–Crippen LogP) is 3.14. The van der Waals surface area contributed by atoms with Gasteiger partial charge in [0, 0.05) is 24.8 Å². The van der Waals surface area contributed by atoms with Crippen molar-refractivity contribution in [1.82, 2.24) is 9.88 Å². The minimum atomic E-state index is -0.568. The lowest BCUT2D eigenvalue weighted by Crippen LogP contribution is -2.38. The second-order valence-electron chi connectivity index (χ2n) is 6.64. The van der Waals surface area contributed by atoms with Crippen LogP contribution in [-0.4, -0.2) is 41.1 Å². The van der Waals surface area contributed by atoms with E-state index in [4.69, 9.17) is 4.74 Å². The smallest absolute Gasteiger partial charge is 0.415 e. The molecule has 1 fully saturated rings. The van der Waals surface area contributed by atoms with Gasteiger partial charge in [0.15, 0.2) is 0 Å². The Hall–Kier alpha value is -2.11. The maximum Gasteiger partial charge on any atom is 0.415 e. The number of anilines is 1. The third-order valence-electron chi connectivity index (χ3n) is 3.79. The highest BCUT2D eigenvalue weighted by atomic mass is 16.6.